The van der Waals surface area contributed by atoms with Gasteiger partial charge in [0.15, 0.2) is 0 Å². The number of Topliss-reactive ketones (excluding diaryl/α,β-unsaturated/α-hetero) is 1. The Hall–Kier alpha value is -2.57. The molecule has 1 aromatic heterocycles. The van der Waals surface area contributed by atoms with Crippen molar-refractivity contribution in [2.45, 2.75) is 50.1 Å². The molecule has 0 aromatic carbocycles. The minimum atomic E-state index is -2.84. The number of nitrogens with zero attached hydrogens (tertiary/aromatic N) is 1. The Balaban J connectivity index is 1.64. The van der Waals surface area contributed by atoms with Gasteiger partial charge in [0.2, 0.25) is 5.78 Å². The zero-order chi connectivity index (χ0) is 19.7. The highest BCUT2D eigenvalue weighted by molar-refractivity contribution is 6.10. The molecule has 0 amide bonds. The predicted molar refractivity (Wildman–Crippen MR) is 100 cm³/mol. The van der Waals surface area contributed by atoms with Gasteiger partial charge in [0.1, 0.15) is 0 Å². The van der Waals surface area contributed by atoms with Crippen molar-refractivity contribution in [2.24, 2.45) is 17.4 Å². The van der Waals surface area contributed by atoms with Gasteiger partial charge < -0.3 is 21.4 Å². The van der Waals surface area contributed by atoms with Crippen molar-refractivity contribution in [1.29, 1.82) is 0 Å². The topological polar surface area (TPSA) is 86.1 Å². The van der Waals surface area contributed by atoms with Crippen LogP contribution in [0.4, 0.5) is 8.78 Å². The fourth-order valence-corrected chi connectivity index (χ4v) is 4.79. The van der Waals surface area contributed by atoms with Gasteiger partial charge in [0, 0.05) is 42.0 Å². The maximum atomic E-state index is 13.6. The molecule has 5 N–H and O–H groups in total. The van der Waals surface area contributed by atoms with E-state index in [1.165, 1.54) is 0 Å². The second-order valence-corrected chi connectivity index (χ2v) is 8.02. The summed E-state index contributed by atoms with van der Waals surface area (Å²) in [6.07, 6.45) is 3.83. The lowest BCUT2D eigenvalue weighted by molar-refractivity contribution is -0.119. The zero-order valence-electron chi connectivity index (χ0n) is 15.3. The highest BCUT2D eigenvalue weighted by Gasteiger charge is 2.58. The Labute approximate surface area is 156 Å². The summed E-state index contributed by atoms with van der Waals surface area (Å²) in [4.78, 5) is 13.2. The Morgan fingerprint density at radius 3 is 2.63 bits per heavy atom. The van der Waals surface area contributed by atoms with Crippen molar-refractivity contribution < 1.29 is 13.6 Å². The molecular weight excluding hydrogens is 350 g/mol. The molecule has 0 radical (unpaired) electrons. The van der Waals surface area contributed by atoms with E-state index in [4.69, 9.17) is 11.5 Å². The molecule has 0 saturated heterocycles. The highest BCUT2D eigenvalue weighted by Crippen LogP contribution is 2.55. The molecule has 0 spiro atoms. The van der Waals surface area contributed by atoms with E-state index < -0.39 is 24.3 Å². The van der Waals surface area contributed by atoms with Crippen LogP contribution in [0.2, 0.25) is 0 Å². The second-order valence-electron chi connectivity index (χ2n) is 8.02. The first-order valence-electron chi connectivity index (χ1n) is 9.07. The molecule has 2 fully saturated rings. The van der Waals surface area contributed by atoms with Gasteiger partial charge in [-0.15, -0.1) is 0 Å². The van der Waals surface area contributed by atoms with Crippen molar-refractivity contribution in [1.82, 2.24) is 9.88 Å². The van der Waals surface area contributed by atoms with E-state index in [0.29, 0.717) is 17.5 Å². The zero-order valence-corrected chi connectivity index (χ0v) is 15.3. The Kier molecular flexibility index (Phi) is 3.61. The third-order valence-corrected chi connectivity index (χ3v) is 6.21. The molecule has 1 aromatic rings. The van der Waals surface area contributed by atoms with Gasteiger partial charge in [-0.2, -0.15) is 0 Å². The minimum Gasteiger partial charge on any atom is -0.403 e. The molecule has 2 unspecified atom stereocenters. The molecule has 5 nitrogen and oxygen atoms in total. The van der Waals surface area contributed by atoms with E-state index in [9.17, 15) is 13.6 Å². The van der Waals surface area contributed by atoms with E-state index in [2.05, 4.69) is 23.0 Å². The molecule has 4 rings (SSSR count). The molecule has 1 aliphatic heterocycles. The van der Waals surface area contributed by atoms with Crippen molar-refractivity contribution in [3.63, 3.8) is 0 Å². The van der Waals surface area contributed by atoms with Gasteiger partial charge in [0.05, 0.1) is 16.9 Å². The number of alkyl halides is 2. The SMILES string of the molecule is C=Cc1c(C)c(C(=O)C(=C)NC2(/C(N)=C/N)CC(F)(F)C2)c2n1C1CC1C2. The van der Waals surface area contributed by atoms with E-state index in [-0.39, 0.29) is 17.2 Å². The van der Waals surface area contributed by atoms with Crippen molar-refractivity contribution in [3.8, 4) is 0 Å². The fourth-order valence-electron chi connectivity index (χ4n) is 4.79. The van der Waals surface area contributed by atoms with E-state index >= 15 is 0 Å². The summed E-state index contributed by atoms with van der Waals surface area (Å²) in [5.41, 5.74) is 13.6. The maximum absolute atomic E-state index is 13.6. The van der Waals surface area contributed by atoms with Crippen molar-refractivity contribution >= 4 is 11.9 Å². The largest absolute Gasteiger partial charge is 0.403 e. The molecule has 27 heavy (non-hydrogen) atoms. The smallest absolute Gasteiger partial charge is 0.253 e. The van der Waals surface area contributed by atoms with Crippen LogP contribution < -0.4 is 16.8 Å². The van der Waals surface area contributed by atoms with Crippen molar-refractivity contribution in [2.75, 3.05) is 0 Å². The Morgan fingerprint density at radius 1 is 1.41 bits per heavy atom. The van der Waals surface area contributed by atoms with Crippen LogP contribution in [0.1, 0.15) is 52.6 Å². The van der Waals surface area contributed by atoms with Crippen LogP contribution >= 0.6 is 0 Å². The lowest BCUT2D eigenvalue weighted by Gasteiger charge is -2.48. The molecule has 3 aliphatic rings. The Morgan fingerprint density at radius 2 is 2.07 bits per heavy atom. The maximum Gasteiger partial charge on any atom is 0.253 e. The van der Waals surface area contributed by atoms with Crippen LogP contribution in [0.3, 0.4) is 0 Å². The quantitative estimate of drug-likeness (QED) is 0.528. The fraction of sp³-hybridized carbons (Fsp3) is 0.450. The number of halogens is 2. The first kappa shape index (κ1) is 17.8. The number of hydrogen-bond acceptors (Lipinski definition) is 4. The number of ketones is 1. The first-order chi connectivity index (χ1) is 12.6. The van der Waals surface area contributed by atoms with Gasteiger partial charge in [-0.3, -0.25) is 4.79 Å². The number of hydrogen-bond donors (Lipinski definition) is 3. The number of nitrogens with two attached hydrogens (primary N) is 2. The molecule has 2 heterocycles. The Bertz CT molecular complexity index is 904. The molecule has 7 heteroatoms. The molecule has 2 saturated carbocycles. The lowest BCUT2D eigenvalue weighted by Crippen LogP contribution is -2.63. The van der Waals surface area contributed by atoms with Crippen LogP contribution in [0.5, 0.6) is 0 Å². The van der Waals surface area contributed by atoms with Crippen LogP contribution in [-0.2, 0) is 6.42 Å². The van der Waals surface area contributed by atoms with Crippen LogP contribution in [0.15, 0.2) is 30.8 Å². The molecular formula is C20H24F2N4O. The average molecular weight is 374 g/mol. The van der Waals surface area contributed by atoms with E-state index in [1.807, 2.05) is 6.92 Å². The number of carbonyl (C=O) groups is 1. The number of fused-ring (bicyclic) bond motifs is 3. The number of aromatic nitrogens is 1. The third-order valence-electron chi connectivity index (χ3n) is 6.21. The first-order valence-corrected chi connectivity index (χ1v) is 9.07. The summed E-state index contributed by atoms with van der Waals surface area (Å²) < 4.78 is 29.3. The number of nitrogens with one attached hydrogen (secondary N) is 1. The monoisotopic (exact) mass is 374 g/mol. The van der Waals surface area contributed by atoms with Crippen LogP contribution in [0, 0.1) is 12.8 Å². The van der Waals surface area contributed by atoms with Gasteiger partial charge in [-0.1, -0.05) is 13.2 Å². The molecule has 0 bridgehead atoms. The minimum absolute atomic E-state index is 0.0583. The summed E-state index contributed by atoms with van der Waals surface area (Å²) in [6.45, 7) is 9.60. The van der Waals surface area contributed by atoms with Gasteiger partial charge in [-0.25, -0.2) is 8.78 Å². The highest BCUT2D eigenvalue weighted by atomic mass is 19.3. The summed E-state index contributed by atoms with van der Waals surface area (Å²) >= 11 is 0. The molecule has 144 valence electrons. The standard InChI is InChI=1S/C20H24F2N4O/c1-4-13-10(2)17(15-6-12-5-14(12)26(13)15)18(27)11(3)25-19(16(24)7-23)8-20(21,22)9-19/h4,7,12,14,25H,1,3,5-6,8-9,23-24H2,2H3/b16-7-. The summed E-state index contributed by atoms with van der Waals surface area (Å²) in [5.74, 6) is -2.54. The van der Waals surface area contributed by atoms with E-state index in [0.717, 1.165) is 36.0 Å². The van der Waals surface area contributed by atoms with Crippen molar-refractivity contribution in [3.05, 3.63) is 53.3 Å². The van der Waals surface area contributed by atoms with E-state index in [1.54, 1.807) is 6.08 Å². The van der Waals surface area contributed by atoms with Gasteiger partial charge in [-0.05, 0) is 37.3 Å². The number of carbonyl (C=O) groups excluding carboxylic acids is 1. The lowest BCUT2D eigenvalue weighted by atomic mass is 9.71. The van der Waals surface area contributed by atoms with Crippen LogP contribution in [0.25, 0.3) is 6.08 Å². The van der Waals surface area contributed by atoms with Gasteiger partial charge >= 0.3 is 0 Å². The normalized spacial score (nSPS) is 26.6. The predicted octanol–water partition coefficient (Wildman–Crippen LogP) is 2.77. The molecule has 2 atom stereocenters. The second kappa shape index (κ2) is 5.47. The summed E-state index contributed by atoms with van der Waals surface area (Å²) in [6, 6.07) is 0.446. The average Bonchev–Trinajstić information content (AvgIpc) is 3.16. The van der Waals surface area contributed by atoms with Crippen LogP contribution in [-0.4, -0.2) is 21.8 Å². The van der Waals surface area contributed by atoms with Gasteiger partial charge in [0.25, 0.3) is 5.92 Å². The molecule has 2 aliphatic carbocycles. The number of allylic oxidation sites excluding steroid dienone is 1. The third kappa shape index (κ3) is 2.44. The summed E-state index contributed by atoms with van der Waals surface area (Å²) in [7, 11) is 0. The number of rotatable bonds is 6. The summed E-state index contributed by atoms with van der Waals surface area (Å²) in [5, 5.41) is 2.87.